The SMILES string of the molecule is O=C(CC(Nc1ccc(F)cc1)C(F)(F)F)N1CCOC1=O. The van der Waals surface area contributed by atoms with Gasteiger partial charge in [0, 0.05) is 5.69 Å². The molecule has 9 heteroatoms. The Morgan fingerprint density at radius 1 is 1.32 bits per heavy atom. The summed E-state index contributed by atoms with van der Waals surface area (Å²) in [7, 11) is 0. The molecule has 0 aromatic heterocycles. The number of rotatable bonds is 4. The number of anilines is 1. The minimum atomic E-state index is -4.71. The Bertz CT molecular complexity index is 559. The van der Waals surface area contributed by atoms with Crippen LogP contribution >= 0.6 is 0 Å². The predicted molar refractivity (Wildman–Crippen MR) is 67.5 cm³/mol. The van der Waals surface area contributed by atoms with Crippen LogP contribution in [-0.2, 0) is 9.53 Å². The van der Waals surface area contributed by atoms with E-state index >= 15 is 0 Å². The first-order chi connectivity index (χ1) is 10.3. The van der Waals surface area contributed by atoms with Gasteiger partial charge in [-0.3, -0.25) is 4.79 Å². The van der Waals surface area contributed by atoms with Crippen molar-refractivity contribution >= 4 is 17.7 Å². The predicted octanol–water partition coefficient (Wildman–Crippen LogP) is 2.54. The van der Waals surface area contributed by atoms with Crippen molar-refractivity contribution in [3.05, 3.63) is 30.1 Å². The quantitative estimate of drug-likeness (QED) is 0.866. The van der Waals surface area contributed by atoms with Gasteiger partial charge in [0.2, 0.25) is 5.91 Å². The van der Waals surface area contributed by atoms with Crippen molar-refractivity contribution in [2.45, 2.75) is 18.6 Å². The van der Waals surface area contributed by atoms with Gasteiger partial charge in [-0.2, -0.15) is 13.2 Å². The second-order valence-electron chi connectivity index (χ2n) is 4.61. The molecule has 1 fully saturated rings. The van der Waals surface area contributed by atoms with Gasteiger partial charge >= 0.3 is 12.3 Å². The molecule has 2 rings (SSSR count). The average Bonchev–Trinajstić information content (AvgIpc) is 2.85. The number of hydrogen-bond acceptors (Lipinski definition) is 4. The fourth-order valence-corrected chi connectivity index (χ4v) is 1.90. The summed E-state index contributed by atoms with van der Waals surface area (Å²) in [4.78, 5) is 23.6. The molecule has 1 unspecified atom stereocenters. The fourth-order valence-electron chi connectivity index (χ4n) is 1.90. The van der Waals surface area contributed by atoms with Crippen LogP contribution in [0, 0.1) is 5.82 Å². The lowest BCUT2D eigenvalue weighted by Crippen LogP contribution is -2.42. The molecule has 1 N–H and O–H groups in total. The summed E-state index contributed by atoms with van der Waals surface area (Å²) >= 11 is 0. The topological polar surface area (TPSA) is 58.6 Å². The summed E-state index contributed by atoms with van der Waals surface area (Å²) in [6.45, 7) is -0.106. The summed E-state index contributed by atoms with van der Waals surface area (Å²) in [6, 6.07) is 2.05. The molecule has 1 aromatic carbocycles. The van der Waals surface area contributed by atoms with Gasteiger partial charge < -0.3 is 10.1 Å². The van der Waals surface area contributed by atoms with Gasteiger partial charge in [-0.05, 0) is 24.3 Å². The molecule has 22 heavy (non-hydrogen) atoms. The Hall–Kier alpha value is -2.32. The van der Waals surface area contributed by atoms with Crippen LogP contribution in [0.2, 0.25) is 0 Å². The number of nitrogens with one attached hydrogen (secondary N) is 1. The number of alkyl halides is 3. The van der Waals surface area contributed by atoms with Crippen LogP contribution in [0.25, 0.3) is 0 Å². The highest BCUT2D eigenvalue weighted by molar-refractivity contribution is 5.93. The number of imide groups is 1. The smallest absolute Gasteiger partial charge is 0.416 e. The third-order valence-electron chi connectivity index (χ3n) is 3.02. The highest BCUT2D eigenvalue weighted by Crippen LogP contribution is 2.27. The summed E-state index contributed by atoms with van der Waals surface area (Å²) in [6.07, 6.45) is -6.63. The third kappa shape index (κ3) is 3.86. The van der Waals surface area contributed by atoms with Gasteiger partial charge in [0.15, 0.2) is 0 Å². The lowest BCUT2D eigenvalue weighted by atomic mass is 10.1. The largest absolute Gasteiger partial charge is 0.447 e. The highest BCUT2D eigenvalue weighted by atomic mass is 19.4. The van der Waals surface area contributed by atoms with Crippen LogP contribution in [0.4, 0.5) is 28.0 Å². The van der Waals surface area contributed by atoms with Gasteiger partial charge in [0.05, 0.1) is 13.0 Å². The van der Waals surface area contributed by atoms with E-state index in [1.54, 1.807) is 0 Å². The van der Waals surface area contributed by atoms with E-state index in [4.69, 9.17) is 0 Å². The molecule has 0 bridgehead atoms. The molecule has 1 aliphatic heterocycles. The summed E-state index contributed by atoms with van der Waals surface area (Å²) in [5.74, 6) is -1.58. The molecule has 1 aromatic rings. The zero-order chi connectivity index (χ0) is 16.3. The van der Waals surface area contributed by atoms with Crippen molar-refractivity contribution in [1.29, 1.82) is 0 Å². The third-order valence-corrected chi connectivity index (χ3v) is 3.02. The number of benzene rings is 1. The van der Waals surface area contributed by atoms with Crippen molar-refractivity contribution in [3.63, 3.8) is 0 Å². The molecular weight excluding hydrogens is 308 g/mol. The number of nitrogens with zero attached hydrogens (tertiary/aromatic N) is 1. The van der Waals surface area contributed by atoms with Crippen molar-refractivity contribution < 1.29 is 31.9 Å². The van der Waals surface area contributed by atoms with Crippen LogP contribution < -0.4 is 5.32 Å². The maximum absolute atomic E-state index is 13.0. The standard InChI is InChI=1S/C13H12F4N2O3/c14-8-1-3-9(4-2-8)18-10(13(15,16)17)7-11(20)19-5-6-22-12(19)21/h1-4,10,18H,5-7H2. The second-order valence-corrected chi connectivity index (χ2v) is 4.61. The van der Waals surface area contributed by atoms with E-state index in [9.17, 15) is 27.2 Å². The monoisotopic (exact) mass is 320 g/mol. The Balaban J connectivity index is 2.08. The number of amides is 2. The highest BCUT2D eigenvalue weighted by Gasteiger charge is 2.43. The molecule has 120 valence electrons. The molecular formula is C13H12F4N2O3. The molecule has 2 amide bonds. The number of cyclic esters (lactones) is 1. The van der Waals surface area contributed by atoms with E-state index in [0.29, 0.717) is 4.90 Å². The maximum atomic E-state index is 13.0. The maximum Gasteiger partial charge on any atom is 0.416 e. The zero-order valence-corrected chi connectivity index (χ0v) is 11.2. The zero-order valence-electron chi connectivity index (χ0n) is 11.2. The van der Waals surface area contributed by atoms with Crippen molar-refractivity contribution in [2.75, 3.05) is 18.5 Å². The van der Waals surface area contributed by atoms with E-state index in [1.165, 1.54) is 0 Å². The molecule has 1 heterocycles. The van der Waals surface area contributed by atoms with Crippen molar-refractivity contribution in [2.24, 2.45) is 0 Å². The Morgan fingerprint density at radius 2 is 1.95 bits per heavy atom. The van der Waals surface area contributed by atoms with Crippen LogP contribution in [0.1, 0.15) is 6.42 Å². The first-order valence-corrected chi connectivity index (χ1v) is 6.33. The van der Waals surface area contributed by atoms with Gasteiger partial charge in [0.25, 0.3) is 0 Å². The van der Waals surface area contributed by atoms with Gasteiger partial charge in [0.1, 0.15) is 18.5 Å². The van der Waals surface area contributed by atoms with Gasteiger partial charge in [-0.25, -0.2) is 14.1 Å². The molecule has 0 aliphatic carbocycles. The van der Waals surface area contributed by atoms with Crippen LogP contribution in [-0.4, -0.2) is 42.3 Å². The number of carbonyl (C=O) groups excluding carboxylic acids is 2. The van der Waals surface area contributed by atoms with Crippen molar-refractivity contribution in [1.82, 2.24) is 4.90 Å². The fraction of sp³-hybridized carbons (Fsp3) is 0.385. The number of carbonyl (C=O) groups is 2. The second kappa shape index (κ2) is 6.20. The van der Waals surface area contributed by atoms with Crippen molar-refractivity contribution in [3.8, 4) is 0 Å². The summed E-state index contributed by atoms with van der Waals surface area (Å²) in [5, 5.41) is 2.12. The average molecular weight is 320 g/mol. The molecule has 5 nitrogen and oxygen atoms in total. The van der Waals surface area contributed by atoms with Gasteiger partial charge in [-0.15, -0.1) is 0 Å². The molecule has 1 aliphatic rings. The molecule has 0 saturated carbocycles. The Morgan fingerprint density at radius 3 is 2.45 bits per heavy atom. The molecule has 1 atom stereocenters. The van der Waals surface area contributed by atoms with E-state index in [2.05, 4.69) is 10.1 Å². The molecule has 1 saturated heterocycles. The first-order valence-electron chi connectivity index (χ1n) is 6.33. The summed E-state index contributed by atoms with van der Waals surface area (Å²) in [5.41, 5.74) is 0.0144. The van der Waals surface area contributed by atoms with Gasteiger partial charge in [-0.1, -0.05) is 0 Å². The number of ether oxygens (including phenoxy) is 1. The minimum Gasteiger partial charge on any atom is -0.447 e. The minimum absolute atomic E-state index is 0.0144. The lowest BCUT2D eigenvalue weighted by Gasteiger charge is -2.23. The van der Waals surface area contributed by atoms with E-state index < -0.39 is 36.5 Å². The normalized spacial score (nSPS) is 16.4. The van der Waals surface area contributed by atoms with Crippen LogP contribution in [0.5, 0.6) is 0 Å². The lowest BCUT2D eigenvalue weighted by molar-refractivity contribution is -0.153. The van der Waals surface area contributed by atoms with Crippen LogP contribution in [0.15, 0.2) is 24.3 Å². The Labute approximate surface area is 122 Å². The number of halogens is 4. The first kappa shape index (κ1) is 16.1. The van der Waals surface area contributed by atoms with E-state index in [0.717, 1.165) is 24.3 Å². The van der Waals surface area contributed by atoms with Crippen LogP contribution in [0.3, 0.4) is 0 Å². The summed E-state index contributed by atoms with van der Waals surface area (Å²) < 4.78 is 56.3. The number of hydrogen-bond donors (Lipinski definition) is 1. The van der Waals surface area contributed by atoms with E-state index in [-0.39, 0.29) is 18.8 Å². The molecule has 0 radical (unpaired) electrons. The molecule has 0 spiro atoms. The Kier molecular flexibility index (Phi) is 4.53. The van der Waals surface area contributed by atoms with E-state index in [1.807, 2.05) is 0 Å².